The zero-order valence-corrected chi connectivity index (χ0v) is 15.5. The maximum Gasteiger partial charge on any atom is 0.233 e. The molecule has 2 aromatic rings. The van der Waals surface area contributed by atoms with Gasteiger partial charge in [0.05, 0.1) is 11.1 Å². The highest BCUT2D eigenvalue weighted by Crippen LogP contribution is 2.46. The molecule has 0 spiro atoms. The van der Waals surface area contributed by atoms with E-state index in [1.807, 2.05) is 47.4 Å². The summed E-state index contributed by atoms with van der Waals surface area (Å²) in [5, 5.41) is 11.6. The Hall–Kier alpha value is -1.91. The van der Waals surface area contributed by atoms with Gasteiger partial charge >= 0.3 is 0 Å². The minimum Gasteiger partial charge on any atom is -0.383 e. The van der Waals surface area contributed by atoms with Gasteiger partial charge in [0.15, 0.2) is 0 Å². The Morgan fingerprint density at radius 1 is 1.04 bits per heavy atom. The molecule has 1 saturated heterocycles. The van der Waals surface area contributed by atoms with Crippen LogP contribution < -0.4 is 0 Å². The van der Waals surface area contributed by atoms with Crippen LogP contribution in [0.5, 0.6) is 0 Å². The number of rotatable bonds is 3. The molecule has 2 heterocycles. The van der Waals surface area contributed by atoms with Gasteiger partial charge in [-0.1, -0.05) is 36.2 Å². The second kappa shape index (κ2) is 6.67. The van der Waals surface area contributed by atoms with Gasteiger partial charge in [0.25, 0.3) is 0 Å². The van der Waals surface area contributed by atoms with Gasteiger partial charge in [-0.2, -0.15) is 0 Å². The molecule has 1 aliphatic carbocycles. The number of carbonyl (C=O) groups excluding carboxylic acids is 1. The third-order valence-electron chi connectivity index (χ3n) is 6.03. The van der Waals surface area contributed by atoms with Gasteiger partial charge in [-0.05, 0) is 55.5 Å². The summed E-state index contributed by atoms with van der Waals surface area (Å²) in [6, 6.07) is 13.3. The van der Waals surface area contributed by atoms with Crippen LogP contribution in [0.1, 0.15) is 43.4 Å². The zero-order chi connectivity index (χ0) is 18.2. The van der Waals surface area contributed by atoms with Crippen molar-refractivity contribution in [1.82, 2.24) is 9.88 Å². The summed E-state index contributed by atoms with van der Waals surface area (Å²) in [5.41, 5.74) is 0.405. The summed E-state index contributed by atoms with van der Waals surface area (Å²) in [7, 11) is 0. The van der Waals surface area contributed by atoms with Crippen LogP contribution in [0.4, 0.5) is 0 Å². The van der Waals surface area contributed by atoms with Crippen LogP contribution in [0.2, 0.25) is 5.02 Å². The van der Waals surface area contributed by atoms with Gasteiger partial charge in [-0.15, -0.1) is 0 Å². The summed E-state index contributed by atoms with van der Waals surface area (Å²) in [5.74, 6) is 0.189. The summed E-state index contributed by atoms with van der Waals surface area (Å²) in [6.45, 7) is 1.11. The average molecular weight is 371 g/mol. The van der Waals surface area contributed by atoms with Gasteiger partial charge < -0.3 is 10.0 Å². The summed E-state index contributed by atoms with van der Waals surface area (Å²) >= 11 is 6.01. The van der Waals surface area contributed by atoms with E-state index in [-0.39, 0.29) is 5.91 Å². The SMILES string of the molecule is O=C(N1CCC(O)(c2ccccn2)CC1)C1(c2ccc(Cl)cc2)CCC1. The molecule has 5 heteroatoms. The second-order valence-corrected chi connectivity index (χ2v) is 7.92. The lowest BCUT2D eigenvalue weighted by molar-refractivity contribution is -0.145. The van der Waals surface area contributed by atoms with E-state index in [0.717, 1.165) is 24.8 Å². The molecule has 0 unspecified atom stereocenters. The average Bonchev–Trinajstić information content (AvgIpc) is 2.64. The molecule has 1 aromatic carbocycles. The van der Waals surface area contributed by atoms with Crippen LogP contribution in [0, 0.1) is 0 Å². The van der Waals surface area contributed by atoms with Crippen molar-refractivity contribution >= 4 is 17.5 Å². The molecule has 2 aliphatic rings. The number of benzene rings is 1. The second-order valence-electron chi connectivity index (χ2n) is 7.48. The van der Waals surface area contributed by atoms with E-state index in [1.165, 1.54) is 0 Å². The summed E-state index contributed by atoms with van der Waals surface area (Å²) in [6.07, 6.45) is 5.58. The van der Waals surface area contributed by atoms with E-state index in [2.05, 4.69) is 4.98 Å². The predicted molar refractivity (Wildman–Crippen MR) is 101 cm³/mol. The quantitative estimate of drug-likeness (QED) is 0.896. The number of nitrogens with zero attached hydrogens (tertiary/aromatic N) is 2. The fourth-order valence-corrected chi connectivity index (χ4v) is 4.33. The molecule has 1 N–H and O–H groups in total. The van der Waals surface area contributed by atoms with Crippen molar-refractivity contribution in [2.75, 3.05) is 13.1 Å². The lowest BCUT2D eigenvalue weighted by Crippen LogP contribution is -2.55. The molecule has 0 radical (unpaired) electrons. The molecule has 4 nitrogen and oxygen atoms in total. The van der Waals surface area contributed by atoms with Crippen molar-refractivity contribution in [2.24, 2.45) is 0 Å². The number of aromatic nitrogens is 1. The van der Waals surface area contributed by atoms with Crippen molar-refractivity contribution in [1.29, 1.82) is 0 Å². The van der Waals surface area contributed by atoms with E-state index in [4.69, 9.17) is 11.6 Å². The Balaban J connectivity index is 1.50. The van der Waals surface area contributed by atoms with Gasteiger partial charge in [-0.3, -0.25) is 9.78 Å². The lowest BCUT2D eigenvalue weighted by atomic mass is 9.63. The molecule has 1 saturated carbocycles. The van der Waals surface area contributed by atoms with E-state index in [9.17, 15) is 9.90 Å². The number of carbonyl (C=O) groups is 1. The van der Waals surface area contributed by atoms with E-state index in [0.29, 0.717) is 36.6 Å². The number of amides is 1. The number of hydrogen-bond acceptors (Lipinski definition) is 3. The van der Waals surface area contributed by atoms with Crippen LogP contribution >= 0.6 is 11.6 Å². The molecule has 0 bridgehead atoms. The normalized spacial score (nSPS) is 21.1. The topological polar surface area (TPSA) is 53.4 Å². The highest BCUT2D eigenvalue weighted by molar-refractivity contribution is 6.30. The lowest BCUT2D eigenvalue weighted by Gasteiger charge is -2.46. The molecule has 1 aliphatic heterocycles. The van der Waals surface area contributed by atoms with Crippen LogP contribution in [0.3, 0.4) is 0 Å². The Morgan fingerprint density at radius 3 is 2.27 bits per heavy atom. The van der Waals surface area contributed by atoms with Crippen molar-refractivity contribution in [2.45, 2.75) is 43.1 Å². The first-order valence-electron chi connectivity index (χ1n) is 9.23. The van der Waals surface area contributed by atoms with Crippen molar-refractivity contribution in [3.63, 3.8) is 0 Å². The standard InChI is InChI=1S/C21H23ClN2O2/c22-17-7-5-16(6-8-17)20(9-3-10-20)19(25)24-14-11-21(26,12-15-24)18-4-1-2-13-23-18/h1-2,4-8,13,26H,3,9-12,14-15H2. The maximum atomic E-state index is 13.3. The largest absolute Gasteiger partial charge is 0.383 e. The molecule has 4 rings (SSSR count). The Bertz CT molecular complexity index is 779. The first-order chi connectivity index (χ1) is 12.5. The van der Waals surface area contributed by atoms with Crippen LogP contribution in [-0.2, 0) is 15.8 Å². The van der Waals surface area contributed by atoms with Gasteiger partial charge in [0.2, 0.25) is 5.91 Å². The van der Waals surface area contributed by atoms with Crippen molar-refractivity contribution in [3.05, 3.63) is 64.9 Å². The fourth-order valence-electron chi connectivity index (χ4n) is 4.20. The number of aliphatic hydroxyl groups is 1. The fraction of sp³-hybridized carbons (Fsp3) is 0.429. The Morgan fingerprint density at radius 2 is 1.73 bits per heavy atom. The molecule has 0 atom stereocenters. The van der Waals surface area contributed by atoms with E-state index < -0.39 is 11.0 Å². The minimum atomic E-state index is -0.939. The smallest absolute Gasteiger partial charge is 0.233 e. The Labute approximate surface area is 158 Å². The highest BCUT2D eigenvalue weighted by atomic mass is 35.5. The zero-order valence-electron chi connectivity index (χ0n) is 14.7. The number of halogens is 1. The molecule has 1 amide bonds. The predicted octanol–water partition coefficient (Wildman–Crippen LogP) is 3.67. The summed E-state index contributed by atoms with van der Waals surface area (Å²) < 4.78 is 0. The van der Waals surface area contributed by atoms with Gasteiger partial charge in [0, 0.05) is 24.3 Å². The molecular weight excluding hydrogens is 348 g/mol. The first-order valence-corrected chi connectivity index (χ1v) is 9.61. The van der Waals surface area contributed by atoms with E-state index >= 15 is 0 Å². The maximum absolute atomic E-state index is 13.3. The molecule has 26 heavy (non-hydrogen) atoms. The number of pyridine rings is 1. The van der Waals surface area contributed by atoms with Gasteiger partial charge in [-0.25, -0.2) is 0 Å². The first kappa shape index (κ1) is 17.5. The van der Waals surface area contributed by atoms with Crippen LogP contribution in [0.25, 0.3) is 0 Å². The monoisotopic (exact) mass is 370 g/mol. The summed E-state index contributed by atoms with van der Waals surface area (Å²) in [4.78, 5) is 19.6. The number of likely N-dealkylation sites (tertiary alicyclic amines) is 1. The molecule has 1 aromatic heterocycles. The highest BCUT2D eigenvalue weighted by Gasteiger charge is 2.49. The van der Waals surface area contributed by atoms with Crippen LogP contribution in [0.15, 0.2) is 48.7 Å². The third kappa shape index (κ3) is 2.91. The third-order valence-corrected chi connectivity index (χ3v) is 6.28. The molecular formula is C21H23ClN2O2. The molecule has 136 valence electrons. The van der Waals surface area contributed by atoms with Crippen molar-refractivity contribution in [3.8, 4) is 0 Å². The van der Waals surface area contributed by atoms with Gasteiger partial charge in [0.1, 0.15) is 5.60 Å². The number of piperidine rings is 1. The molecule has 2 fully saturated rings. The number of hydrogen-bond donors (Lipinski definition) is 1. The minimum absolute atomic E-state index is 0.189. The van der Waals surface area contributed by atoms with E-state index in [1.54, 1.807) is 6.20 Å². The van der Waals surface area contributed by atoms with Crippen molar-refractivity contribution < 1.29 is 9.90 Å². The van der Waals surface area contributed by atoms with Crippen LogP contribution in [-0.4, -0.2) is 34.0 Å². The Kier molecular flexibility index (Phi) is 4.49.